The zero-order valence-corrected chi connectivity index (χ0v) is 16.5. The number of hydrogen-bond donors (Lipinski definition) is 2. The van der Waals surface area contributed by atoms with Crippen molar-refractivity contribution in [3.05, 3.63) is 54.4 Å². The van der Waals surface area contributed by atoms with Crippen LogP contribution in [0, 0.1) is 5.92 Å². The number of nitrogen functional groups attached to an aromatic ring is 1. The fraction of sp³-hybridized carbons (Fsp3) is 0.318. The number of piperidine rings is 1. The van der Waals surface area contributed by atoms with Gasteiger partial charge in [-0.05, 0) is 47.7 Å². The maximum absolute atomic E-state index is 11.8. The minimum absolute atomic E-state index is 0.184. The molecule has 1 unspecified atom stereocenters. The fourth-order valence-corrected chi connectivity index (χ4v) is 3.51. The number of nitrogens with one attached hydrogen (secondary N) is 1. The number of benzene rings is 1. The number of amides is 1. The average Bonchev–Trinajstić information content (AvgIpc) is 2.73. The van der Waals surface area contributed by atoms with Crippen LogP contribution in [0.5, 0.6) is 5.88 Å². The van der Waals surface area contributed by atoms with Gasteiger partial charge in [-0.25, -0.2) is 9.97 Å². The van der Waals surface area contributed by atoms with Crippen LogP contribution in [-0.4, -0.2) is 41.0 Å². The lowest BCUT2D eigenvalue weighted by molar-refractivity contribution is -0.133. The molecule has 1 saturated heterocycles. The monoisotopic (exact) mass is 391 g/mol. The molecule has 0 saturated carbocycles. The number of carbonyl (C=O) groups excluding carboxylic acids is 1. The van der Waals surface area contributed by atoms with Crippen molar-refractivity contribution >= 4 is 28.2 Å². The van der Waals surface area contributed by atoms with Crippen LogP contribution >= 0.6 is 0 Å². The average molecular weight is 391 g/mol. The third-order valence-corrected chi connectivity index (χ3v) is 5.32. The van der Waals surface area contributed by atoms with Crippen LogP contribution in [0.2, 0.25) is 0 Å². The second-order valence-corrected chi connectivity index (χ2v) is 7.47. The van der Waals surface area contributed by atoms with Gasteiger partial charge in [0.05, 0.1) is 6.61 Å². The number of hydrogen-bond acceptors (Lipinski definition) is 6. The highest BCUT2D eigenvalue weighted by Crippen LogP contribution is 2.23. The minimum Gasteiger partial charge on any atom is -0.477 e. The Morgan fingerprint density at radius 2 is 2.07 bits per heavy atom. The van der Waals surface area contributed by atoms with Gasteiger partial charge in [0.1, 0.15) is 5.82 Å². The highest BCUT2D eigenvalue weighted by molar-refractivity contribution is 5.92. The number of ether oxygens (including phenoxy) is 1. The Morgan fingerprint density at radius 3 is 2.93 bits per heavy atom. The predicted molar refractivity (Wildman–Crippen MR) is 114 cm³/mol. The van der Waals surface area contributed by atoms with Crippen molar-refractivity contribution in [3.63, 3.8) is 0 Å². The van der Waals surface area contributed by atoms with E-state index in [1.165, 1.54) is 0 Å². The molecule has 1 fully saturated rings. The van der Waals surface area contributed by atoms with Crippen LogP contribution in [0.15, 0.2) is 48.8 Å². The number of anilines is 2. The number of carbonyl (C=O) groups is 1. The van der Waals surface area contributed by atoms with Gasteiger partial charge in [0.25, 0.3) is 0 Å². The zero-order chi connectivity index (χ0) is 20.2. The maximum atomic E-state index is 11.8. The molecule has 0 aliphatic carbocycles. The first-order valence-corrected chi connectivity index (χ1v) is 9.78. The Hall–Kier alpha value is -3.35. The Morgan fingerprint density at radius 1 is 1.21 bits per heavy atom. The third kappa shape index (κ3) is 4.56. The normalized spacial score (nSPS) is 16.8. The van der Waals surface area contributed by atoms with E-state index in [1.54, 1.807) is 17.3 Å². The molecule has 150 valence electrons. The molecule has 0 bridgehead atoms. The van der Waals surface area contributed by atoms with Gasteiger partial charge in [-0.15, -0.1) is 0 Å². The predicted octanol–water partition coefficient (Wildman–Crippen LogP) is 3.07. The summed E-state index contributed by atoms with van der Waals surface area (Å²) in [6.07, 6.45) is 4.97. The van der Waals surface area contributed by atoms with E-state index in [1.807, 2.05) is 37.4 Å². The highest BCUT2D eigenvalue weighted by Gasteiger charge is 2.23. The van der Waals surface area contributed by atoms with Crippen LogP contribution < -0.4 is 15.8 Å². The molecule has 3 heterocycles. The van der Waals surface area contributed by atoms with Crippen LogP contribution in [0.3, 0.4) is 0 Å². The first kappa shape index (κ1) is 19.0. The van der Waals surface area contributed by atoms with E-state index in [4.69, 9.17) is 10.5 Å². The third-order valence-electron chi connectivity index (χ3n) is 5.32. The first-order chi connectivity index (χ1) is 14.1. The number of rotatable bonds is 6. The van der Waals surface area contributed by atoms with E-state index in [2.05, 4.69) is 21.4 Å². The maximum Gasteiger partial charge on any atom is 0.222 e. The summed E-state index contributed by atoms with van der Waals surface area (Å²) in [5.74, 6) is 1.56. The van der Waals surface area contributed by atoms with E-state index >= 15 is 0 Å². The Labute approximate surface area is 169 Å². The van der Waals surface area contributed by atoms with Crippen molar-refractivity contribution in [2.24, 2.45) is 5.92 Å². The van der Waals surface area contributed by atoms with Crippen molar-refractivity contribution < 1.29 is 9.53 Å². The molecule has 3 N–H and O–H groups in total. The fourth-order valence-electron chi connectivity index (χ4n) is 3.51. The van der Waals surface area contributed by atoms with Crippen molar-refractivity contribution in [3.8, 4) is 5.88 Å². The lowest BCUT2D eigenvalue weighted by Crippen LogP contribution is -2.37. The summed E-state index contributed by atoms with van der Waals surface area (Å²) in [4.78, 5) is 22.0. The van der Waals surface area contributed by atoms with Gasteiger partial charge in [-0.3, -0.25) is 4.79 Å². The number of nitrogens with zero attached hydrogens (tertiary/aromatic N) is 3. The topological polar surface area (TPSA) is 93.4 Å². The quantitative estimate of drug-likeness (QED) is 0.671. The smallest absolute Gasteiger partial charge is 0.222 e. The second kappa shape index (κ2) is 8.34. The molecule has 3 aromatic rings. The Balaban J connectivity index is 1.35. The molecule has 0 spiro atoms. The molecule has 2 aromatic heterocycles. The molecular formula is C22H25N5O2. The molecule has 1 aromatic carbocycles. The van der Waals surface area contributed by atoms with Crippen LogP contribution in [0.25, 0.3) is 10.8 Å². The molecular weight excluding hydrogens is 366 g/mol. The summed E-state index contributed by atoms with van der Waals surface area (Å²) < 4.78 is 5.86. The number of pyridine rings is 2. The second-order valence-electron chi connectivity index (χ2n) is 7.47. The lowest BCUT2D eigenvalue weighted by atomic mass is 9.98. The molecule has 1 aliphatic heterocycles. The summed E-state index contributed by atoms with van der Waals surface area (Å²) in [5, 5.41) is 5.42. The van der Waals surface area contributed by atoms with Gasteiger partial charge in [0.15, 0.2) is 0 Å². The molecule has 4 rings (SSSR count). The van der Waals surface area contributed by atoms with Crippen molar-refractivity contribution in [2.75, 3.05) is 31.2 Å². The highest BCUT2D eigenvalue weighted by atomic mass is 16.5. The first-order valence-electron chi connectivity index (χ1n) is 9.78. The number of likely N-dealkylation sites (tertiary alicyclic amines) is 1. The van der Waals surface area contributed by atoms with Gasteiger partial charge in [0.2, 0.25) is 11.8 Å². The van der Waals surface area contributed by atoms with Crippen LogP contribution in [0.1, 0.15) is 18.4 Å². The minimum atomic E-state index is 0.184. The SMILES string of the molecule is CN1CCC(COc2cc(CNc3ccc4c(N)nccc4c3)ccn2)CC1=O. The standard InChI is InChI=1S/C22H25N5O2/c1-27-9-6-16(11-21(27)28)14-29-20-10-15(4-7-24-20)13-26-18-2-3-19-17(12-18)5-8-25-22(19)23/h2-5,7-8,10,12,16,26H,6,9,11,13-14H2,1H3,(H2,23,25). The summed E-state index contributed by atoms with van der Waals surface area (Å²) in [6.45, 7) is 1.96. The number of fused-ring (bicyclic) bond motifs is 1. The van der Waals surface area contributed by atoms with E-state index in [0.717, 1.165) is 35.0 Å². The van der Waals surface area contributed by atoms with Gasteiger partial charge in [0, 0.05) is 62.0 Å². The van der Waals surface area contributed by atoms with E-state index in [9.17, 15) is 4.79 Å². The Kier molecular flexibility index (Phi) is 5.46. The van der Waals surface area contributed by atoms with E-state index in [-0.39, 0.29) is 11.8 Å². The van der Waals surface area contributed by atoms with E-state index < -0.39 is 0 Å². The lowest BCUT2D eigenvalue weighted by Gasteiger charge is -2.28. The van der Waals surface area contributed by atoms with Crippen LogP contribution in [-0.2, 0) is 11.3 Å². The zero-order valence-electron chi connectivity index (χ0n) is 16.5. The van der Waals surface area contributed by atoms with Gasteiger partial charge >= 0.3 is 0 Å². The summed E-state index contributed by atoms with van der Waals surface area (Å²) in [7, 11) is 1.85. The molecule has 7 heteroatoms. The molecule has 1 amide bonds. The van der Waals surface area contributed by atoms with Crippen molar-refractivity contribution in [1.82, 2.24) is 14.9 Å². The van der Waals surface area contributed by atoms with Crippen LogP contribution in [0.4, 0.5) is 11.5 Å². The van der Waals surface area contributed by atoms with Gasteiger partial charge < -0.3 is 20.7 Å². The molecule has 7 nitrogen and oxygen atoms in total. The summed E-state index contributed by atoms with van der Waals surface area (Å²) in [5.41, 5.74) is 7.99. The summed E-state index contributed by atoms with van der Waals surface area (Å²) in [6, 6.07) is 11.9. The van der Waals surface area contributed by atoms with Crippen molar-refractivity contribution in [1.29, 1.82) is 0 Å². The Bertz CT molecular complexity index is 1020. The number of aromatic nitrogens is 2. The van der Waals surface area contributed by atoms with E-state index in [0.29, 0.717) is 31.3 Å². The molecule has 29 heavy (non-hydrogen) atoms. The van der Waals surface area contributed by atoms with Crippen molar-refractivity contribution in [2.45, 2.75) is 19.4 Å². The molecule has 1 aliphatic rings. The largest absolute Gasteiger partial charge is 0.477 e. The molecule has 0 radical (unpaired) electrons. The molecule has 1 atom stereocenters. The number of nitrogens with two attached hydrogens (primary N) is 1. The van der Waals surface area contributed by atoms with Gasteiger partial charge in [-0.2, -0.15) is 0 Å². The van der Waals surface area contributed by atoms with Gasteiger partial charge in [-0.1, -0.05) is 0 Å². The summed E-state index contributed by atoms with van der Waals surface area (Å²) >= 11 is 0.